The van der Waals surface area contributed by atoms with E-state index in [0.29, 0.717) is 4.57 Å². The lowest BCUT2D eigenvalue weighted by atomic mass is 10.3. The Morgan fingerprint density at radius 1 is 0.966 bits per heavy atom. The molecule has 1 aromatic heterocycles. The van der Waals surface area contributed by atoms with Crippen LogP contribution in [0.4, 0.5) is 14.5 Å². The summed E-state index contributed by atoms with van der Waals surface area (Å²) in [6.07, 6.45) is 2.61. The number of nitrogens with one attached hydrogen (secondary N) is 1. The van der Waals surface area contributed by atoms with E-state index < -0.39 is 36.1 Å². The Bertz CT molecular complexity index is 1040. The summed E-state index contributed by atoms with van der Waals surface area (Å²) >= 11 is 0. The number of hydrogen-bond donors (Lipinski definition) is 1. The zero-order valence-corrected chi connectivity index (χ0v) is 15.2. The molecule has 9 nitrogen and oxygen atoms in total. The van der Waals surface area contributed by atoms with Gasteiger partial charge in [0, 0.05) is 5.69 Å². The molecule has 154 valence electrons. The SMILES string of the molecule is C=CCn1c(=O)n(CC=C)c(=O)n(CC(=O)Nc2ccc(OC(F)F)cc2)c1=O. The third-order valence-corrected chi connectivity index (χ3v) is 3.67. The first-order chi connectivity index (χ1) is 13.8. The molecule has 11 heteroatoms. The fourth-order valence-corrected chi connectivity index (χ4v) is 2.45. The van der Waals surface area contributed by atoms with Crippen molar-refractivity contribution in [1.29, 1.82) is 0 Å². The van der Waals surface area contributed by atoms with Gasteiger partial charge in [-0.1, -0.05) is 12.2 Å². The second kappa shape index (κ2) is 9.44. The summed E-state index contributed by atoms with van der Waals surface area (Å²) in [6.45, 7) is 2.97. The fraction of sp³-hybridized carbons (Fsp3) is 0.222. The van der Waals surface area contributed by atoms with Crippen molar-refractivity contribution in [2.24, 2.45) is 0 Å². The number of ether oxygens (including phenoxy) is 1. The molecule has 2 rings (SSSR count). The van der Waals surface area contributed by atoms with Gasteiger partial charge in [-0.05, 0) is 24.3 Å². The highest BCUT2D eigenvalue weighted by Gasteiger charge is 2.16. The van der Waals surface area contributed by atoms with Gasteiger partial charge in [0.15, 0.2) is 0 Å². The lowest BCUT2D eigenvalue weighted by Crippen LogP contribution is -2.55. The monoisotopic (exact) mass is 408 g/mol. The Balaban J connectivity index is 2.30. The van der Waals surface area contributed by atoms with Gasteiger partial charge in [-0.2, -0.15) is 8.78 Å². The number of carbonyl (C=O) groups excluding carboxylic acids is 1. The highest BCUT2D eigenvalue weighted by atomic mass is 19.3. The minimum Gasteiger partial charge on any atom is -0.435 e. The number of anilines is 1. The van der Waals surface area contributed by atoms with Gasteiger partial charge in [0.25, 0.3) is 0 Å². The quantitative estimate of drug-likeness (QED) is 0.618. The van der Waals surface area contributed by atoms with Crippen molar-refractivity contribution in [2.45, 2.75) is 26.2 Å². The molecule has 0 aliphatic rings. The van der Waals surface area contributed by atoms with E-state index >= 15 is 0 Å². The molecule has 1 N–H and O–H groups in total. The lowest BCUT2D eigenvalue weighted by Gasteiger charge is -2.12. The first-order valence-electron chi connectivity index (χ1n) is 8.29. The van der Waals surface area contributed by atoms with Crippen LogP contribution in [0.15, 0.2) is 64.0 Å². The van der Waals surface area contributed by atoms with E-state index in [0.717, 1.165) is 9.13 Å². The van der Waals surface area contributed by atoms with Crippen molar-refractivity contribution in [3.05, 3.63) is 81.0 Å². The summed E-state index contributed by atoms with van der Waals surface area (Å²) in [5.41, 5.74) is -2.53. The molecule has 0 spiro atoms. The normalized spacial score (nSPS) is 10.6. The maximum Gasteiger partial charge on any atom is 0.387 e. The van der Waals surface area contributed by atoms with Crippen LogP contribution in [0, 0.1) is 0 Å². The second-order valence-corrected chi connectivity index (χ2v) is 5.68. The van der Waals surface area contributed by atoms with Gasteiger partial charge in [0.2, 0.25) is 5.91 Å². The minimum absolute atomic E-state index is 0.0990. The maximum atomic E-state index is 12.5. The molecule has 1 heterocycles. The van der Waals surface area contributed by atoms with E-state index in [1.807, 2.05) is 0 Å². The largest absolute Gasteiger partial charge is 0.435 e. The number of halogens is 2. The molecule has 0 saturated heterocycles. The molecular formula is C18H18F2N4O5. The molecule has 1 amide bonds. The molecule has 0 saturated carbocycles. The predicted octanol–water partition coefficient (Wildman–Crippen LogP) is 0.784. The molecule has 0 aliphatic carbocycles. The molecule has 0 bridgehead atoms. The molecule has 0 unspecified atom stereocenters. The number of rotatable bonds is 9. The maximum absolute atomic E-state index is 12.5. The summed E-state index contributed by atoms with van der Waals surface area (Å²) in [6, 6.07) is 5.06. The van der Waals surface area contributed by atoms with Gasteiger partial charge < -0.3 is 10.1 Å². The van der Waals surface area contributed by atoms with E-state index in [9.17, 15) is 28.0 Å². The fourth-order valence-electron chi connectivity index (χ4n) is 2.45. The van der Waals surface area contributed by atoms with E-state index in [1.165, 1.54) is 36.4 Å². The number of aromatic nitrogens is 3. The summed E-state index contributed by atoms with van der Waals surface area (Å²) in [7, 11) is 0. The zero-order valence-electron chi connectivity index (χ0n) is 15.2. The lowest BCUT2D eigenvalue weighted by molar-refractivity contribution is -0.116. The van der Waals surface area contributed by atoms with Crippen molar-refractivity contribution < 1.29 is 18.3 Å². The Morgan fingerprint density at radius 3 is 1.90 bits per heavy atom. The van der Waals surface area contributed by atoms with Crippen LogP contribution in [0.2, 0.25) is 0 Å². The molecule has 0 atom stereocenters. The van der Waals surface area contributed by atoms with Crippen LogP contribution < -0.4 is 27.1 Å². The number of nitrogens with zero attached hydrogens (tertiary/aromatic N) is 3. The standard InChI is InChI=1S/C18H18F2N4O5/c1-3-9-22-16(26)23(10-4-2)18(28)24(17(22)27)11-14(25)21-12-5-7-13(8-6-12)29-15(19)20/h3-8,15H,1-2,9-11H2,(H,21,25). The Kier molecular flexibility index (Phi) is 7.01. The van der Waals surface area contributed by atoms with E-state index in [1.54, 1.807) is 0 Å². The highest BCUT2D eigenvalue weighted by Crippen LogP contribution is 2.17. The smallest absolute Gasteiger partial charge is 0.387 e. The van der Waals surface area contributed by atoms with Crippen LogP contribution in [0.3, 0.4) is 0 Å². The number of allylic oxidation sites excluding steroid dienone is 2. The zero-order chi connectivity index (χ0) is 21.6. The van der Waals surface area contributed by atoms with E-state index in [4.69, 9.17) is 0 Å². The molecule has 0 fully saturated rings. The molecule has 29 heavy (non-hydrogen) atoms. The topological polar surface area (TPSA) is 104 Å². The predicted molar refractivity (Wildman–Crippen MR) is 101 cm³/mol. The first kappa shape index (κ1) is 21.5. The Labute approximate surface area is 162 Å². The molecule has 1 aromatic carbocycles. The number of hydrogen-bond acceptors (Lipinski definition) is 5. The van der Waals surface area contributed by atoms with Crippen molar-refractivity contribution >= 4 is 11.6 Å². The molecule has 0 radical (unpaired) electrons. The number of alkyl halides is 2. The van der Waals surface area contributed by atoms with Crippen LogP contribution in [0.1, 0.15) is 0 Å². The van der Waals surface area contributed by atoms with E-state index in [2.05, 4.69) is 23.2 Å². The van der Waals surface area contributed by atoms with E-state index in [-0.39, 0.29) is 24.5 Å². The van der Waals surface area contributed by atoms with Gasteiger partial charge in [-0.15, -0.1) is 13.2 Å². The van der Waals surface area contributed by atoms with Crippen LogP contribution in [0.5, 0.6) is 5.75 Å². The molecule has 0 aliphatic heterocycles. The summed E-state index contributed by atoms with van der Waals surface area (Å²) in [4.78, 5) is 49.5. The van der Waals surface area contributed by atoms with Gasteiger partial charge >= 0.3 is 23.7 Å². The third kappa shape index (κ3) is 5.15. The minimum atomic E-state index is -2.98. The van der Waals surface area contributed by atoms with Gasteiger partial charge in [0.1, 0.15) is 12.3 Å². The number of amides is 1. The van der Waals surface area contributed by atoms with Gasteiger partial charge in [-0.3, -0.25) is 4.79 Å². The average Bonchev–Trinajstić information content (AvgIpc) is 2.67. The van der Waals surface area contributed by atoms with Crippen molar-refractivity contribution in [2.75, 3.05) is 5.32 Å². The van der Waals surface area contributed by atoms with Crippen molar-refractivity contribution in [1.82, 2.24) is 13.7 Å². The van der Waals surface area contributed by atoms with Gasteiger partial charge in [0.05, 0.1) is 13.1 Å². The van der Waals surface area contributed by atoms with Crippen molar-refractivity contribution in [3.8, 4) is 5.75 Å². The molecule has 2 aromatic rings. The first-order valence-corrected chi connectivity index (χ1v) is 8.29. The van der Waals surface area contributed by atoms with Gasteiger partial charge in [-0.25, -0.2) is 28.1 Å². The summed E-state index contributed by atoms with van der Waals surface area (Å²) < 4.78 is 30.7. The average molecular weight is 408 g/mol. The van der Waals surface area contributed by atoms with Crippen LogP contribution in [0.25, 0.3) is 0 Å². The number of benzene rings is 1. The number of carbonyl (C=O) groups is 1. The Morgan fingerprint density at radius 2 is 1.45 bits per heavy atom. The van der Waals surface area contributed by atoms with Crippen LogP contribution in [-0.4, -0.2) is 26.2 Å². The third-order valence-electron chi connectivity index (χ3n) is 3.67. The second-order valence-electron chi connectivity index (χ2n) is 5.68. The van der Waals surface area contributed by atoms with Crippen LogP contribution >= 0.6 is 0 Å². The van der Waals surface area contributed by atoms with Crippen LogP contribution in [-0.2, 0) is 24.4 Å². The van der Waals surface area contributed by atoms with Crippen molar-refractivity contribution in [3.63, 3.8) is 0 Å². The summed E-state index contributed by atoms with van der Waals surface area (Å²) in [5, 5.41) is 2.43. The highest BCUT2D eigenvalue weighted by molar-refractivity contribution is 5.90. The molecular weight excluding hydrogens is 390 g/mol. The Hall–Kier alpha value is -3.76. The summed E-state index contributed by atoms with van der Waals surface area (Å²) in [5.74, 6) is -0.835.